The molecule has 1 unspecified atom stereocenters. The summed E-state index contributed by atoms with van der Waals surface area (Å²) in [5.74, 6) is 1.05. The molecule has 0 fully saturated rings. The Hall–Kier alpha value is -1.39. The fourth-order valence-corrected chi connectivity index (χ4v) is 2.93. The van der Waals surface area contributed by atoms with Gasteiger partial charge in [0.25, 0.3) is 0 Å². The summed E-state index contributed by atoms with van der Waals surface area (Å²) in [6.07, 6.45) is 4.87. The van der Waals surface area contributed by atoms with Gasteiger partial charge in [0, 0.05) is 23.5 Å². The van der Waals surface area contributed by atoms with Crippen molar-refractivity contribution in [3.05, 3.63) is 45.9 Å². The molecule has 1 aromatic heterocycles. The molecule has 2 aromatic rings. The highest BCUT2D eigenvalue weighted by molar-refractivity contribution is 7.09. The number of hydrogen-bond donors (Lipinski definition) is 1. The van der Waals surface area contributed by atoms with E-state index in [-0.39, 0.29) is 6.04 Å². The van der Waals surface area contributed by atoms with Crippen molar-refractivity contribution in [3.63, 3.8) is 0 Å². The Balaban J connectivity index is 1.63. The van der Waals surface area contributed by atoms with Crippen LogP contribution in [0.4, 0.5) is 0 Å². The minimum Gasteiger partial charge on any atom is -0.493 e. The molecule has 1 aliphatic heterocycles. The first-order valence-electron chi connectivity index (χ1n) is 6.21. The molecule has 0 amide bonds. The van der Waals surface area contributed by atoms with Crippen LogP contribution in [0.3, 0.4) is 0 Å². The Kier molecular flexibility index (Phi) is 3.30. The van der Waals surface area contributed by atoms with Gasteiger partial charge in [-0.3, -0.25) is 4.98 Å². The lowest BCUT2D eigenvalue weighted by Crippen LogP contribution is -2.09. The third-order valence-electron chi connectivity index (χ3n) is 3.31. The highest BCUT2D eigenvalue weighted by Crippen LogP contribution is 2.27. The van der Waals surface area contributed by atoms with E-state index in [9.17, 15) is 0 Å². The van der Waals surface area contributed by atoms with Crippen molar-refractivity contribution in [1.82, 2.24) is 4.98 Å². The second-order valence-corrected chi connectivity index (χ2v) is 5.51. The Labute approximate surface area is 111 Å². The zero-order valence-corrected chi connectivity index (χ0v) is 11.0. The SMILES string of the molecule is NC(CCc1ccc2c(c1)CCO2)c1cncs1. The molecular formula is C14H16N2OS. The molecule has 1 aliphatic rings. The Morgan fingerprint density at radius 3 is 3.22 bits per heavy atom. The van der Waals surface area contributed by atoms with E-state index in [0.717, 1.165) is 31.6 Å². The van der Waals surface area contributed by atoms with Crippen molar-refractivity contribution in [1.29, 1.82) is 0 Å². The van der Waals surface area contributed by atoms with Crippen molar-refractivity contribution in [2.75, 3.05) is 6.61 Å². The highest BCUT2D eigenvalue weighted by Gasteiger charge is 2.13. The van der Waals surface area contributed by atoms with Crippen LogP contribution in [0.25, 0.3) is 0 Å². The molecule has 1 atom stereocenters. The lowest BCUT2D eigenvalue weighted by molar-refractivity contribution is 0.357. The first kappa shape index (κ1) is 11.7. The fraction of sp³-hybridized carbons (Fsp3) is 0.357. The number of nitrogens with two attached hydrogens (primary N) is 1. The van der Waals surface area contributed by atoms with Crippen molar-refractivity contribution in [2.24, 2.45) is 5.73 Å². The van der Waals surface area contributed by atoms with Crippen LogP contribution in [0, 0.1) is 0 Å². The van der Waals surface area contributed by atoms with Crippen molar-refractivity contribution >= 4 is 11.3 Å². The van der Waals surface area contributed by atoms with Crippen LogP contribution in [-0.2, 0) is 12.8 Å². The smallest absolute Gasteiger partial charge is 0.122 e. The standard InChI is InChI=1S/C14H16N2OS/c15-12(14-8-16-9-18-14)3-1-10-2-4-13-11(7-10)5-6-17-13/h2,4,7-9,12H,1,3,5-6,15H2. The molecule has 0 radical (unpaired) electrons. The summed E-state index contributed by atoms with van der Waals surface area (Å²) >= 11 is 1.63. The van der Waals surface area contributed by atoms with Crippen molar-refractivity contribution in [2.45, 2.75) is 25.3 Å². The minimum atomic E-state index is 0.0991. The molecular weight excluding hydrogens is 244 g/mol. The van der Waals surface area contributed by atoms with E-state index in [1.54, 1.807) is 11.3 Å². The minimum absolute atomic E-state index is 0.0991. The van der Waals surface area contributed by atoms with E-state index < -0.39 is 0 Å². The van der Waals surface area contributed by atoms with Gasteiger partial charge in [-0.05, 0) is 30.0 Å². The summed E-state index contributed by atoms with van der Waals surface area (Å²) < 4.78 is 5.51. The van der Waals surface area contributed by atoms with Gasteiger partial charge in [-0.2, -0.15) is 0 Å². The van der Waals surface area contributed by atoms with Crippen LogP contribution < -0.4 is 10.5 Å². The Morgan fingerprint density at radius 2 is 2.39 bits per heavy atom. The van der Waals surface area contributed by atoms with Crippen LogP contribution in [0.2, 0.25) is 0 Å². The Morgan fingerprint density at radius 1 is 1.44 bits per heavy atom. The molecule has 0 bridgehead atoms. The largest absolute Gasteiger partial charge is 0.493 e. The average Bonchev–Trinajstić information content (AvgIpc) is 3.05. The zero-order chi connectivity index (χ0) is 12.4. The van der Waals surface area contributed by atoms with Gasteiger partial charge < -0.3 is 10.5 Å². The third-order valence-corrected chi connectivity index (χ3v) is 4.22. The second-order valence-electron chi connectivity index (χ2n) is 4.59. The van der Waals surface area contributed by atoms with Gasteiger partial charge in [-0.1, -0.05) is 12.1 Å². The molecule has 0 saturated carbocycles. The monoisotopic (exact) mass is 260 g/mol. The zero-order valence-electron chi connectivity index (χ0n) is 10.1. The summed E-state index contributed by atoms with van der Waals surface area (Å²) in [4.78, 5) is 5.23. The van der Waals surface area contributed by atoms with Crippen LogP contribution in [0.15, 0.2) is 29.9 Å². The maximum Gasteiger partial charge on any atom is 0.122 e. The topological polar surface area (TPSA) is 48.1 Å². The van der Waals surface area contributed by atoms with Gasteiger partial charge in [0.05, 0.1) is 12.1 Å². The molecule has 0 saturated heterocycles. The normalized spacial score (nSPS) is 15.2. The number of aryl methyl sites for hydroxylation is 1. The second kappa shape index (κ2) is 5.08. The summed E-state index contributed by atoms with van der Waals surface area (Å²) in [6, 6.07) is 6.57. The number of fused-ring (bicyclic) bond motifs is 1. The molecule has 1 aromatic carbocycles. The van der Waals surface area contributed by atoms with Crippen LogP contribution >= 0.6 is 11.3 Å². The molecule has 18 heavy (non-hydrogen) atoms. The molecule has 0 spiro atoms. The predicted octanol–water partition coefficient (Wildman–Crippen LogP) is 2.71. The molecule has 0 aliphatic carbocycles. The number of aromatic nitrogens is 1. The van der Waals surface area contributed by atoms with E-state index in [1.807, 2.05) is 11.7 Å². The fourth-order valence-electron chi connectivity index (χ4n) is 2.27. The first-order chi connectivity index (χ1) is 8.83. The van der Waals surface area contributed by atoms with E-state index in [4.69, 9.17) is 10.5 Å². The third kappa shape index (κ3) is 2.40. The quantitative estimate of drug-likeness (QED) is 0.919. The van der Waals surface area contributed by atoms with E-state index in [1.165, 1.54) is 16.0 Å². The van der Waals surface area contributed by atoms with Gasteiger partial charge in [0.1, 0.15) is 5.75 Å². The van der Waals surface area contributed by atoms with Gasteiger partial charge in [0.15, 0.2) is 0 Å². The first-order valence-corrected chi connectivity index (χ1v) is 7.09. The molecule has 3 rings (SSSR count). The number of hydrogen-bond acceptors (Lipinski definition) is 4. The molecule has 4 heteroatoms. The maximum absolute atomic E-state index is 6.15. The van der Waals surface area contributed by atoms with Gasteiger partial charge in [-0.15, -0.1) is 11.3 Å². The van der Waals surface area contributed by atoms with E-state index in [2.05, 4.69) is 23.2 Å². The number of thiazole rings is 1. The predicted molar refractivity (Wildman–Crippen MR) is 73.0 cm³/mol. The lowest BCUT2D eigenvalue weighted by atomic mass is 10.0. The van der Waals surface area contributed by atoms with E-state index >= 15 is 0 Å². The van der Waals surface area contributed by atoms with Crippen molar-refractivity contribution < 1.29 is 4.74 Å². The Bertz CT molecular complexity index is 525. The van der Waals surface area contributed by atoms with Crippen molar-refractivity contribution in [3.8, 4) is 5.75 Å². The van der Waals surface area contributed by atoms with Crippen LogP contribution in [-0.4, -0.2) is 11.6 Å². The van der Waals surface area contributed by atoms with Gasteiger partial charge in [0.2, 0.25) is 0 Å². The van der Waals surface area contributed by atoms with E-state index in [0.29, 0.717) is 0 Å². The highest BCUT2D eigenvalue weighted by atomic mass is 32.1. The molecule has 94 valence electrons. The summed E-state index contributed by atoms with van der Waals surface area (Å²) in [5, 5.41) is 0. The molecule has 2 N–H and O–H groups in total. The van der Waals surface area contributed by atoms with Crippen LogP contribution in [0.1, 0.15) is 28.5 Å². The number of ether oxygens (including phenoxy) is 1. The average molecular weight is 260 g/mol. The molecule has 2 heterocycles. The maximum atomic E-state index is 6.15. The summed E-state index contributed by atoms with van der Waals surface area (Å²) in [7, 11) is 0. The molecule has 3 nitrogen and oxygen atoms in total. The lowest BCUT2D eigenvalue weighted by Gasteiger charge is -2.09. The number of benzene rings is 1. The number of rotatable bonds is 4. The summed E-state index contributed by atoms with van der Waals surface area (Å²) in [6.45, 7) is 0.819. The summed E-state index contributed by atoms with van der Waals surface area (Å²) in [5.41, 5.74) is 10.7. The number of nitrogens with zero attached hydrogens (tertiary/aromatic N) is 1. The van der Waals surface area contributed by atoms with Gasteiger partial charge >= 0.3 is 0 Å². The van der Waals surface area contributed by atoms with Crippen LogP contribution in [0.5, 0.6) is 5.75 Å². The van der Waals surface area contributed by atoms with Gasteiger partial charge in [-0.25, -0.2) is 0 Å².